The van der Waals surface area contributed by atoms with Crippen molar-refractivity contribution >= 4 is 33.7 Å². The van der Waals surface area contributed by atoms with Crippen molar-refractivity contribution in [3.63, 3.8) is 0 Å². The number of imidazole rings is 1. The number of aryl methyl sites for hydroxylation is 2. The molecule has 3 aromatic heterocycles. The molecule has 27 heavy (non-hydrogen) atoms. The van der Waals surface area contributed by atoms with Crippen LogP contribution in [0.1, 0.15) is 11.4 Å². The molecule has 0 aliphatic heterocycles. The van der Waals surface area contributed by atoms with Crippen LogP contribution in [-0.2, 0) is 20.6 Å². The second-order valence-corrected chi connectivity index (χ2v) is 6.67. The fraction of sp³-hybridized carbons (Fsp3) is 0.235. The molecule has 0 aliphatic carbocycles. The first kappa shape index (κ1) is 17.2. The topological polar surface area (TPSA) is 108 Å². The maximum atomic E-state index is 12.6. The van der Waals surface area contributed by atoms with Gasteiger partial charge in [-0.1, -0.05) is 12.1 Å². The molecule has 0 atom stereocenters. The summed E-state index contributed by atoms with van der Waals surface area (Å²) >= 11 is 6.22. The second-order valence-electron chi connectivity index (χ2n) is 6.33. The molecule has 0 unspecified atom stereocenters. The zero-order valence-corrected chi connectivity index (χ0v) is 15.5. The third-order valence-corrected chi connectivity index (χ3v) is 4.88. The van der Waals surface area contributed by atoms with Crippen molar-refractivity contribution in [2.45, 2.75) is 13.5 Å². The maximum Gasteiger partial charge on any atom is 0.332 e. The van der Waals surface area contributed by atoms with Gasteiger partial charge in [0.2, 0.25) is 5.28 Å². The van der Waals surface area contributed by atoms with E-state index in [2.05, 4.69) is 15.0 Å². The largest absolute Gasteiger partial charge is 0.332 e. The summed E-state index contributed by atoms with van der Waals surface area (Å²) in [6, 6.07) is 5.35. The highest BCUT2D eigenvalue weighted by Gasteiger charge is 2.19. The highest BCUT2D eigenvalue weighted by molar-refractivity contribution is 6.29. The van der Waals surface area contributed by atoms with Crippen molar-refractivity contribution in [3.8, 4) is 0 Å². The minimum atomic E-state index is -0.521. The van der Waals surface area contributed by atoms with E-state index in [1.807, 2.05) is 13.0 Å². The lowest BCUT2D eigenvalue weighted by Crippen LogP contribution is -2.37. The highest BCUT2D eigenvalue weighted by atomic mass is 35.5. The molecule has 10 heteroatoms. The van der Waals surface area contributed by atoms with Crippen LogP contribution in [0, 0.1) is 6.92 Å². The molecule has 0 fully saturated rings. The van der Waals surface area contributed by atoms with E-state index in [0.29, 0.717) is 16.7 Å². The Labute approximate surface area is 156 Å². The van der Waals surface area contributed by atoms with E-state index in [0.717, 1.165) is 10.1 Å². The third kappa shape index (κ3) is 2.50. The molecule has 4 aromatic rings. The smallest absolute Gasteiger partial charge is 0.308 e. The van der Waals surface area contributed by atoms with Crippen LogP contribution < -0.4 is 16.8 Å². The molecule has 0 spiro atoms. The van der Waals surface area contributed by atoms with Crippen LogP contribution in [0.15, 0.2) is 32.6 Å². The van der Waals surface area contributed by atoms with Gasteiger partial charge in [-0.2, -0.15) is 4.98 Å². The van der Waals surface area contributed by atoms with E-state index in [1.54, 1.807) is 12.1 Å². The fourth-order valence-electron chi connectivity index (χ4n) is 3.14. The lowest BCUT2D eigenvalue weighted by Gasteiger charge is -2.08. The summed E-state index contributed by atoms with van der Waals surface area (Å²) in [6.45, 7) is 1.89. The Morgan fingerprint density at radius 1 is 1.11 bits per heavy atom. The number of nitrogens with zero attached hydrogens (tertiary/aromatic N) is 5. The number of aromatic nitrogens is 6. The van der Waals surface area contributed by atoms with E-state index >= 15 is 0 Å². The van der Waals surface area contributed by atoms with Gasteiger partial charge in [-0.3, -0.25) is 18.7 Å². The summed E-state index contributed by atoms with van der Waals surface area (Å²) in [5, 5.41) is 0.509. The molecule has 0 saturated heterocycles. The Kier molecular flexibility index (Phi) is 3.77. The molecule has 0 bridgehead atoms. The number of benzene rings is 1. The van der Waals surface area contributed by atoms with Gasteiger partial charge in [0.1, 0.15) is 5.82 Å². The van der Waals surface area contributed by atoms with Crippen LogP contribution in [0.25, 0.3) is 22.1 Å². The summed E-state index contributed by atoms with van der Waals surface area (Å²) < 4.78 is 3.67. The number of nitrogens with one attached hydrogen (secondary N) is 1. The molecule has 0 aliphatic rings. The van der Waals surface area contributed by atoms with Gasteiger partial charge < -0.3 is 9.55 Å². The average molecular weight is 387 g/mol. The van der Waals surface area contributed by atoms with Gasteiger partial charge >= 0.3 is 5.69 Å². The van der Waals surface area contributed by atoms with Gasteiger partial charge in [0.05, 0.1) is 17.4 Å². The molecule has 4 rings (SSSR count). The SMILES string of the molecule is Cc1cccc2c(=O)[nH]c(Cn3c(Cl)nc4c3c(=O)n(C)c(=O)n4C)nc12. The van der Waals surface area contributed by atoms with E-state index in [-0.39, 0.29) is 28.6 Å². The van der Waals surface area contributed by atoms with E-state index < -0.39 is 11.2 Å². The Morgan fingerprint density at radius 3 is 2.59 bits per heavy atom. The minimum Gasteiger partial charge on any atom is -0.308 e. The van der Waals surface area contributed by atoms with Gasteiger partial charge in [0, 0.05) is 14.1 Å². The minimum absolute atomic E-state index is 0.0239. The summed E-state index contributed by atoms with van der Waals surface area (Å²) in [6.07, 6.45) is 0. The monoisotopic (exact) mass is 386 g/mol. The van der Waals surface area contributed by atoms with Gasteiger partial charge in [-0.05, 0) is 30.2 Å². The molecular weight excluding hydrogens is 372 g/mol. The number of hydrogen-bond acceptors (Lipinski definition) is 5. The van der Waals surface area contributed by atoms with Crippen LogP contribution in [0.3, 0.4) is 0 Å². The zero-order valence-electron chi connectivity index (χ0n) is 14.8. The summed E-state index contributed by atoms with van der Waals surface area (Å²) in [7, 11) is 2.89. The van der Waals surface area contributed by atoms with Gasteiger partial charge in [0.25, 0.3) is 11.1 Å². The molecule has 1 aromatic carbocycles. The van der Waals surface area contributed by atoms with Crippen molar-refractivity contribution in [1.82, 2.24) is 28.7 Å². The average Bonchev–Trinajstić information content (AvgIpc) is 2.96. The first-order valence-corrected chi connectivity index (χ1v) is 8.47. The molecule has 138 valence electrons. The standard InChI is InChI=1S/C17H15ClN6O3/c1-8-5-4-6-9-11(8)19-10(20-14(9)25)7-24-12-13(21-16(24)18)22(2)17(27)23(3)15(12)26/h4-6H,7H2,1-3H3,(H,19,20,25). The number of rotatable bonds is 2. The molecule has 0 radical (unpaired) electrons. The number of aromatic amines is 1. The molecule has 0 amide bonds. The van der Waals surface area contributed by atoms with Crippen LogP contribution in [0.4, 0.5) is 0 Å². The molecular formula is C17H15ClN6O3. The van der Waals surface area contributed by atoms with Gasteiger partial charge in [0.15, 0.2) is 11.2 Å². The quantitative estimate of drug-likeness (QED) is 0.510. The van der Waals surface area contributed by atoms with Crippen molar-refractivity contribution < 1.29 is 0 Å². The second kappa shape index (κ2) is 5.92. The van der Waals surface area contributed by atoms with E-state index in [9.17, 15) is 14.4 Å². The summed E-state index contributed by atoms with van der Waals surface area (Å²) in [5.74, 6) is 0.332. The Bertz CT molecular complexity index is 1410. The number of hydrogen-bond donors (Lipinski definition) is 1. The third-order valence-electron chi connectivity index (χ3n) is 4.60. The van der Waals surface area contributed by atoms with Crippen LogP contribution in [-0.4, -0.2) is 28.7 Å². The van der Waals surface area contributed by atoms with Crippen molar-refractivity contribution in [2.75, 3.05) is 0 Å². The molecule has 0 saturated carbocycles. The number of halogens is 1. The van der Waals surface area contributed by atoms with Crippen molar-refractivity contribution in [2.24, 2.45) is 14.1 Å². The number of H-pyrrole nitrogens is 1. The Hall–Kier alpha value is -3.20. The van der Waals surface area contributed by atoms with Crippen LogP contribution in [0.2, 0.25) is 5.28 Å². The molecule has 1 N–H and O–H groups in total. The van der Waals surface area contributed by atoms with Gasteiger partial charge in [-0.25, -0.2) is 9.78 Å². The first-order valence-electron chi connectivity index (χ1n) is 8.10. The molecule has 3 heterocycles. The number of para-hydroxylation sites is 1. The first-order chi connectivity index (χ1) is 12.8. The summed E-state index contributed by atoms with van der Waals surface area (Å²) in [5.41, 5.74) is 0.481. The zero-order chi connectivity index (χ0) is 19.5. The predicted octanol–water partition coefficient (Wildman–Crippen LogP) is 0.680. The maximum absolute atomic E-state index is 12.6. The van der Waals surface area contributed by atoms with Crippen LogP contribution in [0.5, 0.6) is 0 Å². The van der Waals surface area contributed by atoms with E-state index in [4.69, 9.17) is 11.6 Å². The van der Waals surface area contributed by atoms with E-state index in [1.165, 1.54) is 23.2 Å². The Morgan fingerprint density at radius 2 is 1.85 bits per heavy atom. The lowest BCUT2D eigenvalue weighted by atomic mass is 10.1. The summed E-state index contributed by atoms with van der Waals surface area (Å²) in [4.78, 5) is 48.4. The fourth-order valence-corrected chi connectivity index (χ4v) is 3.37. The lowest BCUT2D eigenvalue weighted by molar-refractivity contribution is 0.698. The van der Waals surface area contributed by atoms with Crippen molar-refractivity contribution in [1.29, 1.82) is 0 Å². The van der Waals surface area contributed by atoms with Crippen LogP contribution >= 0.6 is 11.6 Å². The highest BCUT2D eigenvalue weighted by Crippen LogP contribution is 2.18. The predicted molar refractivity (Wildman–Crippen MR) is 101 cm³/mol. The molecule has 9 nitrogen and oxygen atoms in total. The normalized spacial score (nSPS) is 11.6. The Balaban J connectivity index is 1.98. The number of fused-ring (bicyclic) bond motifs is 2. The van der Waals surface area contributed by atoms with Crippen molar-refractivity contribution in [3.05, 3.63) is 66.1 Å². The van der Waals surface area contributed by atoms with Gasteiger partial charge in [-0.15, -0.1) is 0 Å².